The molecule has 0 saturated heterocycles. The lowest BCUT2D eigenvalue weighted by atomic mass is 10.2. The van der Waals surface area contributed by atoms with Crippen molar-refractivity contribution in [2.24, 2.45) is 0 Å². The molecule has 16 heteroatoms. The van der Waals surface area contributed by atoms with E-state index in [0.717, 1.165) is 5.73 Å². The fourth-order valence-corrected chi connectivity index (χ4v) is 1.56. The van der Waals surface area contributed by atoms with Gasteiger partial charge in [0.25, 0.3) is 0 Å². The van der Waals surface area contributed by atoms with Gasteiger partial charge in [0.05, 0.1) is 0 Å². The third kappa shape index (κ3) is 5.63. The zero-order chi connectivity index (χ0) is 21.7. The van der Waals surface area contributed by atoms with E-state index < -0.39 is 70.5 Å². The van der Waals surface area contributed by atoms with Gasteiger partial charge in [-0.1, -0.05) is 0 Å². The van der Waals surface area contributed by atoms with E-state index in [2.05, 4.69) is 9.47 Å². The Bertz CT molecular complexity index is 762. The van der Waals surface area contributed by atoms with Crippen molar-refractivity contribution in [2.45, 2.75) is 18.1 Å². The van der Waals surface area contributed by atoms with Crippen LogP contribution in [0.25, 0.3) is 0 Å². The standard InChI is InChI=1S/C11H4F11O4S/c12-2-1-6(3-13)25-11(20,21)9(16,10(17,18)19)26-7(4-14)8(5-15)27(22,23)24/h2-5H. The van der Waals surface area contributed by atoms with Crippen molar-refractivity contribution in [2.75, 3.05) is 0 Å². The Labute approximate surface area is 143 Å². The molecule has 0 rings (SSSR count). The van der Waals surface area contributed by atoms with E-state index >= 15 is 0 Å². The Morgan fingerprint density at radius 2 is 1.41 bits per heavy atom. The maximum atomic E-state index is 14.0. The largest absolute Gasteiger partial charge is 0.481 e. The SMILES string of the molecule is O=S(=O)(F)C(=CF)C(=CF)OC(F)(C(F)(F)F)C(F)(F)OC(=C=CF)[CH]F. The molecule has 0 saturated carbocycles. The van der Waals surface area contributed by atoms with Crippen molar-refractivity contribution in [1.82, 2.24) is 0 Å². The molecule has 0 aliphatic heterocycles. The highest BCUT2D eigenvalue weighted by Crippen LogP contribution is 2.49. The number of hydrogen-bond acceptors (Lipinski definition) is 4. The second-order valence-electron chi connectivity index (χ2n) is 3.93. The molecule has 0 heterocycles. The van der Waals surface area contributed by atoms with E-state index in [4.69, 9.17) is 0 Å². The topological polar surface area (TPSA) is 52.6 Å². The molecule has 1 radical (unpaired) electrons. The molecular formula is C11H4F11O4S. The minimum absolute atomic E-state index is 0.824. The van der Waals surface area contributed by atoms with Crippen LogP contribution in [-0.2, 0) is 19.7 Å². The minimum Gasteiger partial charge on any atom is -0.439 e. The summed E-state index contributed by atoms with van der Waals surface area (Å²) in [6, 6.07) is 0. The van der Waals surface area contributed by atoms with Crippen molar-refractivity contribution < 1.29 is 65.7 Å². The molecule has 27 heavy (non-hydrogen) atoms. The Morgan fingerprint density at radius 3 is 1.70 bits per heavy atom. The van der Waals surface area contributed by atoms with Crippen LogP contribution in [0, 0.1) is 6.67 Å². The minimum atomic E-state index is -6.91. The first-order valence-electron chi connectivity index (χ1n) is 5.67. The molecule has 155 valence electrons. The highest BCUT2D eigenvalue weighted by Gasteiger charge is 2.77. The fraction of sp³-hybridized carbons (Fsp3) is 0.273. The fourth-order valence-electron chi connectivity index (χ4n) is 1.13. The quantitative estimate of drug-likeness (QED) is 0.178. The molecule has 0 bridgehead atoms. The summed E-state index contributed by atoms with van der Waals surface area (Å²) in [5, 5.41) is 0. The van der Waals surface area contributed by atoms with Gasteiger partial charge in [0, 0.05) is 0 Å². The van der Waals surface area contributed by atoms with Gasteiger partial charge in [-0.2, -0.15) is 34.8 Å². The van der Waals surface area contributed by atoms with Gasteiger partial charge in [0.15, 0.2) is 16.4 Å². The van der Waals surface area contributed by atoms with E-state index in [-0.39, 0.29) is 0 Å². The molecule has 0 fully saturated rings. The summed E-state index contributed by atoms with van der Waals surface area (Å²) < 4.78 is 167. The van der Waals surface area contributed by atoms with Crippen LogP contribution in [0.15, 0.2) is 41.1 Å². The maximum Gasteiger partial charge on any atom is 0.481 e. The molecule has 4 nitrogen and oxygen atoms in total. The Morgan fingerprint density at radius 1 is 0.889 bits per heavy atom. The summed E-state index contributed by atoms with van der Waals surface area (Å²) >= 11 is 0. The summed E-state index contributed by atoms with van der Waals surface area (Å²) in [5.41, 5.74) is 0.824. The summed E-state index contributed by atoms with van der Waals surface area (Å²) in [6.45, 7) is -1.11. The van der Waals surface area contributed by atoms with E-state index in [1.807, 2.05) is 0 Å². The van der Waals surface area contributed by atoms with Crippen LogP contribution >= 0.6 is 0 Å². The van der Waals surface area contributed by atoms with Crippen LogP contribution in [0.1, 0.15) is 0 Å². The van der Waals surface area contributed by atoms with Gasteiger partial charge in [-0.25, -0.2) is 17.6 Å². The number of rotatable bonds is 8. The number of hydrogen-bond donors (Lipinski definition) is 0. The summed E-state index contributed by atoms with van der Waals surface area (Å²) in [6.07, 6.45) is -17.1. The van der Waals surface area contributed by atoms with Crippen molar-refractivity contribution in [3.05, 3.63) is 47.8 Å². The molecule has 0 aromatic rings. The molecule has 0 N–H and O–H groups in total. The second-order valence-corrected chi connectivity index (χ2v) is 5.24. The van der Waals surface area contributed by atoms with Gasteiger partial charge >= 0.3 is 28.4 Å². The van der Waals surface area contributed by atoms with Gasteiger partial charge in [-0.15, -0.1) is 3.89 Å². The summed E-state index contributed by atoms with van der Waals surface area (Å²) in [7, 11) is -6.43. The predicted octanol–water partition coefficient (Wildman–Crippen LogP) is 4.86. The number of halogens is 11. The zero-order valence-electron chi connectivity index (χ0n) is 12.0. The van der Waals surface area contributed by atoms with Gasteiger partial charge in [-0.3, -0.25) is 0 Å². The van der Waals surface area contributed by atoms with Crippen LogP contribution in [0.5, 0.6) is 0 Å². The average Bonchev–Trinajstić information content (AvgIpc) is 2.51. The molecule has 1 unspecified atom stereocenters. The third-order valence-electron chi connectivity index (χ3n) is 2.23. The van der Waals surface area contributed by atoms with Gasteiger partial charge in [-0.05, 0) is 5.73 Å². The van der Waals surface area contributed by atoms with Crippen LogP contribution in [0.4, 0.5) is 47.8 Å². The van der Waals surface area contributed by atoms with Gasteiger partial charge in [0.1, 0.15) is 19.0 Å². The van der Waals surface area contributed by atoms with Crippen molar-refractivity contribution in [3.8, 4) is 0 Å². The van der Waals surface area contributed by atoms with Gasteiger partial charge in [0.2, 0.25) is 6.67 Å². The maximum absolute atomic E-state index is 14.0. The highest BCUT2D eigenvalue weighted by atomic mass is 32.3. The summed E-state index contributed by atoms with van der Waals surface area (Å²) in [4.78, 5) is -2.75. The van der Waals surface area contributed by atoms with Crippen molar-refractivity contribution in [3.63, 3.8) is 0 Å². The highest BCUT2D eigenvalue weighted by molar-refractivity contribution is 7.90. The number of allylic oxidation sites excluding steroid dienone is 1. The number of ether oxygens (including phenoxy) is 2. The molecule has 0 aliphatic rings. The van der Waals surface area contributed by atoms with Gasteiger partial charge < -0.3 is 9.47 Å². The van der Waals surface area contributed by atoms with E-state index in [1.54, 1.807) is 0 Å². The normalized spacial score (nSPS) is 16.3. The monoisotopic (exact) mass is 441 g/mol. The first kappa shape index (κ1) is 24.8. The smallest absolute Gasteiger partial charge is 0.439 e. The van der Waals surface area contributed by atoms with E-state index in [9.17, 15) is 56.2 Å². The summed E-state index contributed by atoms with van der Waals surface area (Å²) in [5.74, 6) is -11.6. The van der Waals surface area contributed by atoms with Crippen molar-refractivity contribution in [1.29, 1.82) is 0 Å². The predicted molar refractivity (Wildman–Crippen MR) is 63.5 cm³/mol. The van der Waals surface area contributed by atoms with Crippen LogP contribution in [-0.4, -0.2) is 26.6 Å². The van der Waals surface area contributed by atoms with E-state index in [0.29, 0.717) is 0 Å². The Hall–Kier alpha value is -2.22. The zero-order valence-corrected chi connectivity index (χ0v) is 12.8. The molecule has 0 amide bonds. The first-order valence-corrected chi connectivity index (χ1v) is 7.05. The molecule has 0 aromatic carbocycles. The van der Waals surface area contributed by atoms with E-state index in [1.165, 1.54) is 0 Å². The first-order chi connectivity index (χ1) is 12.1. The average molecular weight is 441 g/mol. The molecular weight excluding hydrogens is 437 g/mol. The van der Waals surface area contributed by atoms with Crippen LogP contribution in [0.3, 0.4) is 0 Å². The molecule has 1 atom stereocenters. The lowest BCUT2D eigenvalue weighted by molar-refractivity contribution is -0.443. The van der Waals surface area contributed by atoms with Crippen LogP contribution < -0.4 is 0 Å². The lowest BCUT2D eigenvalue weighted by Gasteiger charge is -2.34. The third-order valence-corrected chi connectivity index (χ3v) is 3.04. The molecule has 0 spiro atoms. The Kier molecular flexibility index (Phi) is 7.93. The Balaban J connectivity index is 6.38. The van der Waals surface area contributed by atoms with Crippen LogP contribution in [0.2, 0.25) is 0 Å². The lowest BCUT2D eigenvalue weighted by Crippen LogP contribution is -2.58. The molecule has 0 aliphatic carbocycles. The number of alkyl halides is 6. The molecule has 0 aromatic heterocycles. The second kappa shape index (κ2) is 8.65. The van der Waals surface area contributed by atoms with Crippen molar-refractivity contribution >= 4 is 10.2 Å².